The second kappa shape index (κ2) is 7.22. The molecule has 4 nitrogen and oxygen atoms in total. The van der Waals surface area contributed by atoms with Crippen LogP contribution in [0.5, 0.6) is 5.75 Å². The van der Waals surface area contributed by atoms with Crippen molar-refractivity contribution in [2.75, 3.05) is 13.2 Å². The molecule has 1 aromatic rings. The average molecular weight is 234 g/mol. The first-order valence-electron chi connectivity index (χ1n) is 5.27. The average Bonchev–Trinajstić information content (AvgIpc) is 2.35. The Bertz CT molecular complexity index is 410. The molecule has 0 amide bonds. The molecule has 0 unspecified atom stereocenters. The summed E-state index contributed by atoms with van der Waals surface area (Å²) in [5.74, 6) is 0.195. The summed E-state index contributed by atoms with van der Waals surface area (Å²) in [5.41, 5.74) is 0.553. The van der Waals surface area contributed by atoms with Crippen LogP contribution < -0.4 is 4.74 Å². The number of benzene rings is 1. The molecule has 1 rings (SSSR count). The minimum atomic E-state index is -0.391. The predicted molar refractivity (Wildman–Crippen MR) is 63.1 cm³/mol. The minimum absolute atomic E-state index is 0.251. The zero-order valence-electron chi connectivity index (χ0n) is 9.59. The molecule has 0 spiro atoms. The summed E-state index contributed by atoms with van der Waals surface area (Å²) in [6.45, 7) is 2.35. The first-order chi connectivity index (χ1) is 8.26. The first-order valence-corrected chi connectivity index (χ1v) is 5.27. The zero-order chi connectivity index (χ0) is 12.5. The van der Waals surface area contributed by atoms with Gasteiger partial charge in [-0.2, -0.15) is 0 Å². The highest BCUT2D eigenvalue weighted by Crippen LogP contribution is 2.11. The van der Waals surface area contributed by atoms with Gasteiger partial charge in [0.15, 0.2) is 0 Å². The molecule has 1 aromatic carbocycles. The number of aldehydes is 1. The van der Waals surface area contributed by atoms with Crippen molar-refractivity contribution in [1.29, 1.82) is 0 Å². The maximum Gasteiger partial charge on any atom is 0.330 e. The van der Waals surface area contributed by atoms with Crippen LogP contribution in [0.4, 0.5) is 0 Å². The molecule has 0 radical (unpaired) electrons. The lowest BCUT2D eigenvalue weighted by Gasteiger charge is -2.02. The molecule has 0 aliphatic carbocycles. The molecule has 90 valence electrons. The Morgan fingerprint density at radius 1 is 1.41 bits per heavy atom. The van der Waals surface area contributed by atoms with E-state index in [0.29, 0.717) is 17.9 Å². The summed E-state index contributed by atoms with van der Waals surface area (Å²) in [7, 11) is 0. The van der Waals surface area contributed by atoms with E-state index in [-0.39, 0.29) is 6.61 Å². The van der Waals surface area contributed by atoms with Gasteiger partial charge in [-0.25, -0.2) is 4.79 Å². The molecule has 0 aliphatic rings. The van der Waals surface area contributed by atoms with E-state index < -0.39 is 5.97 Å². The fourth-order valence-electron chi connectivity index (χ4n) is 1.16. The summed E-state index contributed by atoms with van der Waals surface area (Å²) >= 11 is 0. The Balaban J connectivity index is 2.40. The van der Waals surface area contributed by atoms with Gasteiger partial charge in [0.25, 0.3) is 0 Å². The summed E-state index contributed by atoms with van der Waals surface area (Å²) in [6, 6.07) is 6.79. The largest absolute Gasteiger partial charge is 0.490 e. The highest BCUT2D eigenvalue weighted by Gasteiger charge is 1.95. The lowest BCUT2D eigenvalue weighted by molar-refractivity contribution is -0.137. The molecule has 4 heteroatoms. The molecule has 0 aromatic heterocycles. The number of carbonyl (C=O) groups is 2. The van der Waals surface area contributed by atoms with Crippen molar-refractivity contribution in [2.45, 2.75) is 6.92 Å². The van der Waals surface area contributed by atoms with Gasteiger partial charge in [0, 0.05) is 11.6 Å². The molecule has 0 N–H and O–H groups in total. The maximum absolute atomic E-state index is 10.9. The maximum atomic E-state index is 10.9. The minimum Gasteiger partial charge on any atom is -0.490 e. The molecule has 0 fully saturated rings. The summed E-state index contributed by atoms with van der Waals surface area (Å²) in [6.07, 6.45) is 3.62. The van der Waals surface area contributed by atoms with Crippen molar-refractivity contribution < 1.29 is 19.1 Å². The normalized spacial score (nSPS) is 10.2. The van der Waals surface area contributed by atoms with Gasteiger partial charge in [-0.1, -0.05) is 12.1 Å². The van der Waals surface area contributed by atoms with Gasteiger partial charge < -0.3 is 9.47 Å². The third kappa shape index (κ3) is 4.97. The Morgan fingerprint density at radius 2 is 2.24 bits per heavy atom. The van der Waals surface area contributed by atoms with Gasteiger partial charge >= 0.3 is 5.97 Å². The van der Waals surface area contributed by atoms with Crippen LogP contribution in [0.3, 0.4) is 0 Å². The van der Waals surface area contributed by atoms with Gasteiger partial charge in [-0.15, -0.1) is 0 Å². The number of hydrogen-bond acceptors (Lipinski definition) is 4. The van der Waals surface area contributed by atoms with E-state index in [1.165, 1.54) is 6.08 Å². The highest BCUT2D eigenvalue weighted by molar-refractivity contribution is 5.81. The molecular weight excluding hydrogens is 220 g/mol. The fourth-order valence-corrected chi connectivity index (χ4v) is 1.16. The van der Waals surface area contributed by atoms with Crippen molar-refractivity contribution in [2.24, 2.45) is 0 Å². The Kier molecular flexibility index (Phi) is 5.51. The quantitative estimate of drug-likeness (QED) is 0.429. The van der Waals surface area contributed by atoms with Crippen molar-refractivity contribution in [3.8, 4) is 5.75 Å². The summed E-state index contributed by atoms with van der Waals surface area (Å²) in [5, 5.41) is 0. The lowest BCUT2D eigenvalue weighted by atomic mass is 10.2. The van der Waals surface area contributed by atoms with Gasteiger partial charge in [-0.05, 0) is 25.1 Å². The number of esters is 1. The van der Waals surface area contributed by atoms with Gasteiger partial charge in [-0.3, -0.25) is 4.79 Å². The molecular formula is C13H14O4. The number of rotatable bonds is 6. The fraction of sp³-hybridized carbons (Fsp3) is 0.231. The first kappa shape index (κ1) is 13.0. The Morgan fingerprint density at radius 3 is 2.94 bits per heavy atom. The second-order valence-corrected chi connectivity index (χ2v) is 3.16. The van der Waals surface area contributed by atoms with E-state index in [1.54, 1.807) is 37.3 Å². The van der Waals surface area contributed by atoms with E-state index in [4.69, 9.17) is 9.47 Å². The van der Waals surface area contributed by atoms with E-state index in [9.17, 15) is 9.59 Å². The van der Waals surface area contributed by atoms with Crippen LogP contribution in [0.1, 0.15) is 17.3 Å². The zero-order valence-corrected chi connectivity index (χ0v) is 9.59. The number of ether oxygens (including phenoxy) is 2. The van der Waals surface area contributed by atoms with Gasteiger partial charge in [0.1, 0.15) is 18.6 Å². The Labute approximate surface area is 99.8 Å². The predicted octanol–water partition coefficient (Wildman–Crippen LogP) is 2.00. The molecule has 0 bridgehead atoms. The van der Waals surface area contributed by atoms with Crippen molar-refractivity contribution >= 4 is 12.3 Å². The van der Waals surface area contributed by atoms with E-state index in [1.807, 2.05) is 0 Å². The summed E-state index contributed by atoms with van der Waals surface area (Å²) in [4.78, 5) is 21.5. The van der Waals surface area contributed by atoms with Crippen molar-refractivity contribution in [1.82, 2.24) is 0 Å². The van der Waals surface area contributed by atoms with E-state index in [0.717, 1.165) is 6.29 Å². The second-order valence-electron chi connectivity index (χ2n) is 3.16. The van der Waals surface area contributed by atoms with Crippen LogP contribution >= 0.6 is 0 Å². The SMILES string of the molecule is CCOC(=O)/C=C/COc1cccc(C=O)c1. The van der Waals surface area contributed by atoms with E-state index >= 15 is 0 Å². The number of hydrogen-bond donors (Lipinski definition) is 0. The molecule has 0 saturated heterocycles. The Hall–Kier alpha value is -2.10. The van der Waals surface area contributed by atoms with Crippen LogP contribution in [-0.4, -0.2) is 25.5 Å². The van der Waals surface area contributed by atoms with Gasteiger partial charge in [0.05, 0.1) is 6.61 Å². The third-order valence-electron chi connectivity index (χ3n) is 1.88. The molecule has 0 saturated carbocycles. The van der Waals surface area contributed by atoms with Crippen LogP contribution in [0.2, 0.25) is 0 Å². The van der Waals surface area contributed by atoms with Crippen molar-refractivity contribution in [3.63, 3.8) is 0 Å². The highest BCUT2D eigenvalue weighted by atomic mass is 16.5. The topological polar surface area (TPSA) is 52.6 Å². The third-order valence-corrected chi connectivity index (χ3v) is 1.88. The van der Waals surface area contributed by atoms with Crippen molar-refractivity contribution in [3.05, 3.63) is 42.0 Å². The molecule has 0 heterocycles. The molecule has 0 atom stereocenters. The smallest absolute Gasteiger partial charge is 0.330 e. The number of carbonyl (C=O) groups excluding carboxylic acids is 2. The monoisotopic (exact) mass is 234 g/mol. The van der Waals surface area contributed by atoms with Crippen LogP contribution in [0.25, 0.3) is 0 Å². The van der Waals surface area contributed by atoms with Gasteiger partial charge in [0.2, 0.25) is 0 Å². The van der Waals surface area contributed by atoms with Crippen LogP contribution in [0.15, 0.2) is 36.4 Å². The molecule has 0 aliphatic heterocycles. The summed E-state index contributed by atoms with van der Waals surface area (Å²) < 4.78 is 10.0. The van der Waals surface area contributed by atoms with E-state index in [2.05, 4.69) is 0 Å². The lowest BCUT2D eigenvalue weighted by Crippen LogP contribution is -2.01. The van der Waals surface area contributed by atoms with Crippen LogP contribution in [-0.2, 0) is 9.53 Å². The standard InChI is InChI=1S/C13H14O4/c1-2-16-13(15)7-4-8-17-12-6-3-5-11(9-12)10-14/h3-7,9-10H,2,8H2,1H3/b7-4+. The molecule has 17 heavy (non-hydrogen) atoms. The van der Waals surface area contributed by atoms with Crippen LogP contribution in [0, 0.1) is 0 Å².